The van der Waals surface area contributed by atoms with E-state index in [1.54, 1.807) is 0 Å². The summed E-state index contributed by atoms with van der Waals surface area (Å²) < 4.78 is 0. The molecule has 1 heterocycles. The van der Waals surface area contributed by atoms with Crippen molar-refractivity contribution in [2.45, 2.75) is 58.8 Å². The van der Waals surface area contributed by atoms with Gasteiger partial charge < -0.3 is 10.3 Å². The summed E-state index contributed by atoms with van der Waals surface area (Å²) in [6.45, 7) is 11.8. The number of rotatable bonds is 7. The third-order valence-corrected chi connectivity index (χ3v) is 5.61. The number of fused-ring (bicyclic) bond motifs is 1. The van der Waals surface area contributed by atoms with E-state index >= 15 is 0 Å². The monoisotopic (exact) mass is 390 g/mol. The number of hydrogen-bond donors (Lipinski definition) is 2. The van der Waals surface area contributed by atoms with E-state index in [2.05, 4.69) is 93.6 Å². The number of aromatic nitrogens is 1. The van der Waals surface area contributed by atoms with Gasteiger partial charge in [-0.05, 0) is 40.5 Å². The molecule has 2 N–H and O–H groups in total. The molecule has 0 saturated carbocycles. The molecule has 2 aromatic carbocycles. The molecule has 0 aliphatic heterocycles. The van der Waals surface area contributed by atoms with Gasteiger partial charge in [-0.25, -0.2) is 0 Å². The Hall–Kier alpha value is -2.55. The highest BCUT2D eigenvalue weighted by molar-refractivity contribution is 5.86. The predicted molar refractivity (Wildman–Crippen MR) is 122 cm³/mol. The van der Waals surface area contributed by atoms with Crippen molar-refractivity contribution in [3.8, 4) is 0 Å². The molecule has 0 aliphatic rings. The van der Waals surface area contributed by atoms with Crippen LogP contribution in [0.5, 0.6) is 0 Å². The number of aromatic amines is 1. The second-order valence-corrected chi connectivity index (χ2v) is 9.45. The Morgan fingerprint density at radius 1 is 1.03 bits per heavy atom. The molecule has 1 aromatic heterocycles. The average molecular weight is 391 g/mol. The summed E-state index contributed by atoms with van der Waals surface area (Å²) in [4.78, 5) is 16.1. The van der Waals surface area contributed by atoms with Gasteiger partial charge in [-0.1, -0.05) is 77.1 Å². The van der Waals surface area contributed by atoms with Crippen molar-refractivity contribution >= 4 is 16.8 Å². The zero-order valence-electron chi connectivity index (χ0n) is 18.4. The van der Waals surface area contributed by atoms with Crippen LogP contribution in [-0.4, -0.2) is 17.4 Å². The fourth-order valence-corrected chi connectivity index (χ4v) is 3.76. The summed E-state index contributed by atoms with van der Waals surface area (Å²) in [5.74, 6) is 0.727. The molecule has 0 unspecified atom stereocenters. The van der Waals surface area contributed by atoms with Crippen molar-refractivity contribution in [3.05, 3.63) is 71.4 Å². The number of hydrogen-bond acceptors (Lipinski definition) is 1. The highest BCUT2D eigenvalue weighted by atomic mass is 16.1. The predicted octanol–water partition coefficient (Wildman–Crippen LogP) is 6.15. The first-order valence-corrected chi connectivity index (χ1v) is 10.7. The molecule has 1 amide bonds. The zero-order chi connectivity index (χ0) is 21.0. The van der Waals surface area contributed by atoms with E-state index in [1.165, 1.54) is 22.1 Å². The molecule has 0 saturated heterocycles. The quantitative estimate of drug-likeness (QED) is 0.499. The van der Waals surface area contributed by atoms with E-state index < -0.39 is 0 Å². The summed E-state index contributed by atoms with van der Waals surface area (Å²) in [6.07, 6.45) is 3.52. The molecule has 3 nitrogen and oxygen atoms in total. The molecule has 3 rings (SSSR count). The van der Waals surface area contributed by atoms with Crippen LogP contribution >= 0.6 is 0 Å². The number of H-pyrrole nitrogens is 1. The van der Waals surface area contributed by atoms with Gasteiger partial charge >= 0.3 is 0 Å². The van der Waals surface area contributed by atoms with Gasteiger partial charge in [0.2, 0.25) is 5.91 Å². The van der Waals surface area contributed by atoms with E-state index in [-0.39, 0.29) is 17.2 Å². The number of carbonyl (C=O) groups is 1. The topological polar surface area (TPSA) is 44.9 Å². The third kappa shape index (κ3) is 5.29. The lowest BCUT2D eigenvalue weighted by Gasteiger charge is -2.22. The first-order valence-electron chi connectivity index (χ1n) is 10.7. The van der Waals surface area contributed by atoms with Crippen LogP contribution in [-0.2, 0) is 10.2 Å². The van der Waals surface area contributed by atoms with Crippen LogP contribution in [0.4, 0.5) is 0 Å². The minimum atomic E-state index is 0.0271. The largest absolute Gasteiger partial charge is 0.361 e. The summed E-state index contributed by atoms with van der Waals surface area (Å²) in [5.41, 5.74) is 4.90. The van der Waals surface area contributed by atoms with Gasteiger partial charge in [0.05, 0.1) is 0 Å². The summed E-state index contributed by atoms with van der Waals surface area (Å²) in [7, 11) is 0. The van der Waals surface area contributed by atoms with E-state index in [0.29, 0.717) is 12.3 Å². The highest BCUT2D eigenvalue weighted by Gasteiger charge is 2.22. The summed E-state index contributed by atoms with van der Waals surface area (Å²) in [6, 6.07) is 17.1. The van der Waals surface area contributed by atoms with Crippen LogP contribution in [0, 0.1) is 5.92 Å². The van der Waals surface area contributed by atoms with Crippen LogP contribution in [0.2, 0.25) is 0 Å². The number of para-hydroxylation sites is 1. The second kappa shape index (κ2) is 8.86. The van der Waals surface area contributed by atoms with Gasteiger partial charge in [0.25, 0.3) is 0 Å². The Balaban J connectivity index is 1.90. The molecular formula is C26H34N2O. The van der Waals surface area contributed by atoms with Crippen LogP contribution < -0.4 is 5.32 Å². The number of nitrogens with one attached hydrogen (secondary N) is 2. The lowest BCUT2D eigenvalue weighted by atomic mass is 9.83. The fraction of sp³-hybridized carbons (Fsp3) is 0.423. The Bertz CT molecular complexity index is 945. The van der Waals surface area contributed by atoms with E-state index in [1.807, 2.05) is 6.07 Å². The maximum Gasteiger partial charge on any atom is 0.220 e. The molecule has 0 spiro atoms. The van der Waals surface area contributed by atoms with Crippen LogP contribution in [0.1, 0.15) is 70.1 Å². The SMILES string of the molecule is CC(C)CCNC(=O)C[C@H](c1ccc(C(C)(C)C)cc1)c1c[nH]c2ccccc12. The Kier molecular flexibility index (Phi) is 6.46. The first-order chi connectivity index (χ1) is 13.8. The Labute approximate surface area is 174 Å². The molecule has 1 atom stereocenters. The normalized spacial score (nSPS) is 13.0. The Morgan fingerprint density at radius 3 is 2.38 bits per heavy atom. The van der Waals surface area contributed by atoms with Gasteiger partial charge in [0.1, 0.15) is 0 Å². The summed E-state index contributed by atoms with van der Waals surface area (Å²) >= 11 is 0. The lowest BCUT2D eigenvalue weighted by Crippen LogP contribution is -2.27. The molecule has 0 radical (unpaired) electrons. The standard InChI is InChI=1S/C26H34N2O/c1-18(2)14-15-27-25(29)16-22(19-10-12-20(13-11-19)26(3,4)5)23-17-28-24-9-7-6-8-21(23)24/h6-13,17-18,22,28H,14-16H2,1-5H3,(H,27,29)/t22-/m1/s1. The van der Waals surface area contributed by atoms with Gasteiger partial charge in [0, 0.05) is 36.0 Å². The summed E-state index contributed by atoms with van der Waals surface area (Å²) in [5, 5.41) is 4.30. The molecule has 154 valence electrons. The van der Waals surface area contributed by atoms with E-state index in [0.717, 1.165) is 18.5 Å². The van der Waals surface area contributed by atoms with Gasteiger partial charge in [-0.3, -0.25) is 4.79 Å². The third-order valence-electron chi connectivity index (χ3n) is 5.61. The van der Waals surface area contributed by atoms with Gasteiger partial charge in [0.15, 0.2) is 0 Å². The maximum atomic E-state index is 12.7. The van der Waals surface area contributed by atoms with Crippen molar-refractivity contribution < 1.29 is 4.79 Å². The van der Waals surface area contributed by atoms with Crippen molar-refractivity contribution in [1.82, 2.24) is 10.3 Å². The fourth-order valence-electron chi connectivity index (χ4n) is 3.76. The van der Waals surface area contributed by atoms with Crippen LogP contribution in [0.15, 0.2) is 54.7 Å². The van der Waals surface area contributed by atoms with Crippen molar-refractivity contribution in [1.29, 1.82) is 0 Å². The van der Waals surface area contributed by atoms with E-state index in [9.17, 15) is 4.79 Å². The minimum absolute atomic E-state index is 0.0271. The molecule has 3 aromatic rings. The number of benzene rings is 2. The highest BCUT2D eigenvalue weighted by Crippen LogP contribution is 2.34. The van der Waals surface area contributed by atoms with Gasteiger partial charge in [-0.15, -0.1) is 0 Å². The number of carbonyl (C=O) groups excluding carboxylic acids is 1. The molecule has 0 fully saturated rings. The second-order valence-electron chi connectivity index (χ2n) is 9.45. The molecule has 29 heavy (non-hydrogen) atoms. The number of amides is 1. The first kappa shape index (κ1) is 21.2. The Morgan fingerprint density at radius 2 is 1.72 bits per heavy atom. The van der Waals surface area contributed by atoms with Gasteiger partial charge in [-0.2, -0.15) is 0 Å². The molecular weight excluding hydrogens is 356 g/mol. The maximum absolute atomic E-state index is 12.7. The molecule has 0 bridgehead atoms. The van der Waals surface area contributed by atoms with Crippen molar-refractivity contribution in [2.24, 2.45) is 5.92 Å². The zero-order valence-corrected chi connectivity index (χ0v) is 18.4. The van der Waals surface area contributed by atoms with Crippen LogP contribution in [0.25, 0.3) is 10.9 Å². The average Bonchev–Trinajstić information content (AvgIpc) is 3.09. The van der Waals surface area contributed by atoms with E-state index in [4.69, 9.17) is 0 Å². The van der Waals surface area contributed by atoms with Crippen LogP contribution in [0.3, 0.4) is 0 Å². The lowest BCUT2D eigenvalue weighted by molar-refractivity contribution is -0.121. The minimum Gasteiger partial charge on any atom is -0.361 e. The smallest absolute Gasteiger partial charge is 0.220 e. The molecule has 3 heteroatoms. The molecule has 0 aliphatic carbocycles. The van der Waals surface area contributed by atoms with Crippen molar-refractivity contribution in [3.63, 3.8) is 0 Å². The van der Waals surface area contributed by atoms with Crippen molar-refractivity contribution in [2.75, 3.05) is 6.54 Å².